The number of guanidine groups is 1. The molecule has 18 heavy (non-hydrogen) atoms. The van der Waals surface area contributed by atoms with Crippen LogP contribution in [0.4, 0.5) is 0 Å². The number of halogens is 1. The van der Waals surface area contributed by atoms with Crippen LogP contribution in [-0.2, 0) is 0 Å². The van der Waals surface area contributed by atoms with Crippen LogP contribution < -0.4 is 10.6 Å². The van der Waals surface area contributed by atoms with Crippen LogP contribution in [0.2, 0.25) is 0 Å². The summed E-state index contributed by atoms with van der Waals surface area (Å²) >= 11 is 0. The van der Waals surface area contributed by atoms with Crippen LogP contribution in [0.5, 0.6) is 0 Å². The predicted molar refractivity (Wildman–Crippen MR) is 87.7 cm³/mol. The van der Waals surface area contributed by atoms with Crippen molar-refractivity contribution in [3.63, 3.8) is 0 Å². The highest BCUT2D eigenvalue weighted by molar-refractivity contribution is 14.0. The summed E-state index contributed by atoms with van der Waals surface area (Å²) in [5.41, 5.74) is 0. The normalized spacial score (nSPS) is 24.5. The third-order valence-corrected chi connectivity index (χ3v) is 3.58. The molecule has 104 valence electrons. The Kier molecular flexibility index (Phi) is 6.99. The molecule has 5 heteroatoms. The molecule has 1 saturated heterocycles. The van der Waals surface area contributed by atoms with Gasteiger partial charge in [-0.15, -0.1) is 30.6 Å². The van der Waals surface area contributed by atoms with E-state index in [1.165, 1.54) is 32.4 Å². The number of likely N-dealkylation sites (tertiary alicyclic amines) is 1. The van der Waals surface area contributed by atoms with Crippen molar-refractivity contribution < 1.29 is 0 Å². The number of nitrogens with zero attached hydrogens (tertiary/aromatic N) is 2. The summed E-state index contributed by atoms with van der Waals surface area (Å²) in [5.74, 6) is 1.66. The van der Waals surface area contributed by atoms with Gasteiger partial charge < -0.3 is 15.5 Å². The molecule has 1 aliphatic heterocycles. The van der Waals surface area contributed by atoms with Gasteiger partial charge in [-0.1, -0.05) is 6.08 Å². The maximum Gasteiger partial charge on any atom is 0.191 e. The lowest BCUT2D eigenvalue weighted by Crippen LogP contribution is -2.40. The first kappa shape index (κ1) is 15.8. The fraction of sp³-hybridized carbons (Fsp3) is 0.769. The van der Waals surface area contributed by atoms with E-state index in [2.05, 4.69) is 27.1 Å². The van der Waals surface area contributed by atoms with Crippen molar-refractivity contribution in [1.82, 2.24) is 15.5 Å². The van der Waals surface area contributed by atoms with Crippen molar-refractivity contribution in [2.45, 2.75) is 25.3 Å². The zero-order chi connectivity index (χ0) is 12.1. The van der Waals surface area contributed by atoms with Gasteiger partial charge in [-0.05, 0) is 31.7 Å². The molecule has 2 N–H and O–H groups in total. The van der Waals surface area contributed by atoms with Crippen LogP contribution in [0, 0.1) is 5.92 Å². The second-order valence-corrected chi connectivity index (χ2v) is 5.00. The first-order valence-corrected chi connectivity index (χ1v) is 6.63. The summed E-state index contributed by atoms with van der Waals surface area (Å²) in [4.78, 5) is 6.83. The lowest BCUT2D eigenvalue weighted by atomic mass is 10.1. The lowest BCUT2D eigenvalue weighted by Gasteiger charge is -2.16. The van der Waals surface area contributed by atoms with Gasteiger partial charge >= 0.3 is 0 Å². The van der Waals surface area contributed by atoms with Crippen LogP contribution in [0.3, 0.4) is 0 Å². The van der Waals surface area contributed by atoms with Gasteiger partial charge in [0.2, 0.25) is 0 Å². The topological polar surface area (TPSA) is 39.7 Å². The monoisotopic (exact) mass is 364 g/mol. The van der Waals surface area contributed by atoms with E-state index in [0.717, 1.165) is 31.0 Å². The van der Waals surface area contributed by atoms with Gasteiger partial charge in [-0.25, -0.2) is 0 Å². The molecule has 0 aromatic carbocycles. The summed E-state index contributed by atoms with van der Waals surface area (Å²) in [5, 5.41) is 6.59. The minimum absolute atomic E-state index is 0. The van der Waals surface area contributed by atoms with E-state index in [1.54, 1.807) is 0 Å². The maximum absolute atomic E-state index is 4.19. The Hall–Kier alpha value is -0.300. The van der Waals surface area contributed by atoms with E-state index < -0.39 is 0 Å². The molecule has 0 aromatic rings. The van der Waals surface area contributed by atoms with Crippen molar-refractivity contribution >= 4 is 29.9 Å². The van der Waals surface area contributed by atoms with Crippen molar-refractivity contribution in [1.29, 1.82) is 0 Å². The third kappa shape index (κ3) is 4.76. The molecule has 1 saturated carbocycles. The molecular weight excluding hydrogens is 339 g/mol. The second-order valence-electron chi connectivity index (χ2n) is 5.00. The Morgan fingerprint density at radius 1 is 1.39 bits per heavy atom. The SMILES string of the molecule is C=CCNC(=NC)NCC1CCN(C2CC2)C1.I. The van der Waals surface area contributed by atoms with Crippen LogP contribution in [0.15, 0.2) is 17.6 Å². The molecule has 1 heterocycles. The number of nitrogens with one attached hydrogen (secondary N) is 2. The van der Waals surface area contributed by atoms with E-state index in [-0.39, 0.29) is 24.0 Å². The largest absolute Gasteiger partial charge is 0.356 e. The minimum Gasteiger partial charge on any atom is -0.356 e. The van der Waals surface area contributed by atoms with Gasteiger partial charge in [0.25, 0.3) is 0 Å². The summed E-state index contributed by atoms with van der Waals surface area (Å²) in [6.07, 6.45) is 6.00. The van der Waals surface area contributed by atoms with Gasteiger partial charge in [0, 0.05) is 32.7 Å². The van der Waals surface area contributed by atoms with E-state index in [9.17, 15) is 0 Å². The Morgan fingerprint density at radius 3 is 2.78 bits per heavy atom. The van der Waals surface area contributed by atoms with Gasteiger partial charge in [0.15, 0.2) is 5.96 Å². The molecule has 1 unspecified atom stereocenters. The molecule has 0 amide bonds. The smallest absolute Gasteiger partial charge is 0.191 e. The molecule has 1 aliphatic carbocycles. The molecular formula is C13H25IN4. The van der Waals surface area contributed by atoms with Crippen LogP contribution >= 0.6 is 24.0 Å². The van der Waals surface area contributed by atoms with Crippen LogP contribution in [0.1, 0.15) is 19.3 Å². The van der Waals surface area contributed by atoms with Gasteiger partial charge in [-0.3, -0.25) is 4.99 Å². The lowest BCUT2D eigenvalue weighted by molar-refractivity contribution is 0.314. The molecule has 0 radical (unpaired) electrons. The van der Waals surface area contributed by atoms with E-state index in [0.29, 0.717) is 0 Å². The van der Waals surface area contributed by atoms with Crippen molar-refractivity contribution in [2.24, 2.45) is 10.9 Å². The number of hydrogen-bond donors (Lipinski definition) is 2. The molecule has 2 rings (SSSR count). The number of rotatable bonds is 5. The van der Waals surface area contributed by atoms with E-state index >= 15 is 0 Å². The molecule has 2 aliphatic rings. The van der Waals surface area contributed by atoms with Crippen molar-refractivity contribution in [3.8, 4) is 0 Å². The first-order chi connectivity index (χ1) is 8.33. The summed E-state index contributed by atoms with van der Waals surface area (Å²) in [6.45, 7) is 8.03. The molecule has 0 spiro atoms. The third-order valence-electron chi connectivity index (χ3n) is 3.58. The summed E-state index contributed by atoms with van der Waals surface area (Å²) in [7, 11) is 1.81. The fourth-order valence-corrected chi connectivity index (χ4v) is 2.43. The first-order valence-electron chi connectivity index (χ1n) is 6.63. The quantitative estimate of drug-likeness (QED) is 0.336. The average Bonchev–Trinajstić information content (AvgIpc) is 3.10. The van der Waals surface area contributed by atoms with Gasteiger partial charge in [0.05, 0.1) is 0 Å². The zero-order valence-corrected chi connectivity index (χ0v) is 13.5. The highest BCUT2D eigenvalue weighted by atomic mass is 127. The number of hydrogen-bond acceptors (Lipinski definition) is 2. The van der Waals surface area contributed by atoms with Crippen LogP contribution in [-0.4, -0.2) is 50.1 Å². The molecule has 1 atom stereocenters. The highest BCUT2D eigenvalue weighted by Crippen LogP contribution is 2.31. The molecule has 4 nitrogen and oxygen atoms in total. The van der Waals surface area contributed by atoms with Crippen LogP contribution in [0.25, 0.3) is 0 Å². The zero-order valence-electron chi connectivity index (χ0n) is 11.2. The summed E-state index contributed by atoms with van der Waals surface area (Å²) in [6, 6.07) is 0.915. The van der Waals surface area contributed by atoms with Crippen molar-refractivity contribution in [2.75, 3.05) is 33.2 Å². The molecule has 2 fully saturated rings. The number of aliphatic imine (C=N–C) groups is 1. The molecule has 0 bridgehead atoms. The Balaban J connectivity index is 0.00000162. The van der Waals surface area contributed by atoms with Crippen molar-refractivity contribution in [3.05, 3.63) is 12.7 Å². The Bertz CT molecular complexity index is 289. The Labute approximate surface area is 127 Å². The highest BCUT2D eigenvalue weighted by Gasteiger charge is 2.34. The standard InChI is InChI=1S/C13H24N4.HI/c1-3-7-15-13(14-2)16-9-11-6-8-17(10-11)12-4-5-12;/h3,11-12H,1,4-10H2,2H3,(H2,14,15,16);1H. The minimum atomic E-state index is 0. The second kappa shape index (κ2) is 7.99. The van der Waals surface area contributed by atoms with E-state index in [1.807, 2.05) is 13.1 Å². The average molecular weight is 364 g/mol. The summed E-state index contributed by atoms with van der Waals surface area (Å²) < 4.78 is 0. The van der Waals surface area contributed by atoms with Gasteiger partial charge in [0.1, 0.15) is 0 Å². The fourth-order valence-electron chi connectivity index (χ4n) is 2.43. The molecule has 0 aromatic heterocycles. The maximum atomic E-state index is 4.19. The van der Waals surface area contributed by atoms with E-state index in [4.69, 9.17) is 0 Å². The predicted octanol–water partition coefficient (Wildman–Crippen LogP) is 1.44. The van der Waals surface area contributed by atoms with Gasteiger partial charge in [-0.2, -0.15) is 0 Å². The Morgan fingerprint density at radius 2 is 2.17 bits per heavy atom.